The first-order valence-electron chi connectivity index (χ1n) is 14.7. The molecule has 1 aliphatic heterocycles. The summed E-state index contributed by atoms with van der Waals surface area (Å²) in [7, 11) is -1.18. The molecule has 0 bridgehead atoms. The van der Waals surface area contributed by atoms with E-state index in [0.717, 1.165) is 54.3 Å². The van der Waals surface area contributed by atoms with Gasteiger partial charge in [0.2, 0.25) is 0 Å². The lowest BCUT2D eigenvalue weighted by atomic mass is 9.92. The Hall–Kier alpha value is -2.72. The standard InChI is InChI=1S/C35H44O3S/c1-27-16-20-32(21-17-27)35-23-22-33(28(2)38-35)25-39(37)26-34(36)15-8-4-5-10-29-13-9-14-31(19-18-29)24-30-11-6-3-7-12-30/h3,6-7,11-12,14,16-17,20-21,23,29H,4-5,8-10,13,15,18-19,22,24-26H2,1-2H3. The summed E-state index contributed by atoms with van der Waals surface area (Å²) in [6, 6.07) is 19.1. The van der Waals surface area contributed by atoms with E-state index in [2.05, 4.69) is 73.7 Å². The molecule has 3 nitrogen and oxygen atoms in total. The van der Waals surface area contributed by atoms with Crippen LogP contribution in [0, 0.1) is 12.8 Å². The molecule has 208 valence electrons. The lowest BCUT2D eigenvalue weighted by molar-refractivity contribution is -0.116. The van der Waals surface area contributed by atoms with Crippen molar-refractivity contribution in [2.24, 2.45) is 5.92 Å². The summed E-state index contributed by atoms with van der Waals surface area (Å²) < 4.78 is 18.7. The fraction of sp³-hybridized carbons (Fsp3) is 0.457. The summed E-state index contributed by atoms with van der Waals surface area (Å²) >= 11 is 0. The van der Waals surface area contributed by atoms with Crippen molar-refractivity contribution in [2.75, 3.05) is 11.5 Å². The van der Waals surface area contributed by atoms with Crippen molar-refractivity contribution in [3.8, 4) is 0 Å². The Labute approximate surface area is 237 Å². The molecule has 1 heterocycles. The molecule has 0 saturated carbocycles. The van der Waals surface area contributed by atoms with Crippen molar-refractivity contribution < 1.29 is 13.7 Å². The van der Waals surface area contributed by atoms with Gasteiger partial charge in [0.25, 0.3) is 0 Å². The quantitative estimate of drug-likeness (QED) is 0.187. The molecule has 0 aromatic heterocycles. The topological polar surface area (TPSA) is 43.4 Å². The number of hydrogen-bond donors (Lipinski definition) is 0. The predicted molar refractivity (Wildman–Crippen MR) is 164 cm³/mol. The van der Waals surface area contributed by atoms with Crippen LogP contribution in [-0.4, -0.2) is 21.5 Å². The summed E-state index contributed by atoms with van der Waals surface area (Å²) in [6.45, 7) is 4.00. The predicted octanol–water partition coefficient (Wildman–Crippen LogP) is 8.66. The molecule has 0 radical (unpaired) electrons. The van der Waals surface area contributed by atoms with Crippen LogP contribution in [0.5, 0.6) is 0 Å². The van der Waals surface area contributed by atoms with Crippen LogP contribution in [-0.2, 0) is 26.8 Å². The third kappa shape index (κ3) is 9.76. The average Bonchev–Trinajstić information content (AvgIpc) is 3.15. The fourth-order valence-corrected chi connectivity index (χ4v) is 6.90. The largest absolute Gasteiger partial charge is 0.462 e. The molecule has 2 aliphatic rings. The molecular formula is C35H44O3S. The van der Waals surface area contributed by atoms with Crippen LogP contribution in [0.2, 0.25) is 0 Å². The normalized spacial score (nSPS) is 18.6. The first kappa shape index (κ1) is 29.3. The molecule has 4 heteroatoms. The number of aryl methyl sites for hydroxylation is 1. The molecule has 39 heavy (non-hydrogen) atoms. The van der Waals surface area contributed by atoms with Gasteiger partial charge in [0.05, 0.1) is 5.75 Å². The molecule has 0 N–H and O–H groups in total. The second kappa shape index (κ2) is 15.2. The third-order valence-corrected chi connectivity index (χ3v) is 9.33. The smallest absolute Gasteiger partial charge is 0.145 e. The summed E-state index contributed by atoms with van der Waals surface area (Å²) in [5.41, 5.74) is 6.31. The lowest BCUT2D eigenvalue weighted by Gasteiger charge is -2.20. The maximum atomic E-state index is 12.7. The molecule has 2 unspecified atom stereocenters. The van der Waals surface area contributed by atoms with Crippen molar-refractivity contribution in [1.29, 1.82) is 0 Å². The number of unbranched alkanes of at least 4 members (excludes halogenated alkanes) is 2. The van der Waals surface area contributed by atoms with E-state index >= 15 is 0 Å². The molecule has 2 aromatic carbocycles. The molecule has 4 rings (SSSR count). The van der Waals surface area contributed by atoms with E-state index in [1.54, 1.807) is 5.57 Å². The van der Waals surface area contributed by atoms with Crippen LogP contribution in [0.3, 0.4) is 0 Å². The molecule has 0 amide bonds. The van der Waals surface area contributed by atoms with Gasteiger partial charge >= 0.3 is 0 Å². The number of rotatable bonds is 13. The van der Waals surface area contributed by atoms with Crippen molar-refractivity contribution in [2.45, 2.75) is 84.5 Å². The monoisotopic (exact) mass is 544 g/mol. The zero-order chi connectivity index (χ0) is 27.5. The van der Waals surface area contributed by atoms with Gasteiger partial charge in [-0.2, -0.15) is 0 Å². The van der Waals surface area contributed by atoms with E-state index in [9.17, 15) is 9.00 Å². The van der Waals surface area contributed by atoms with Crippen molar-refractivity contribution in [1.82, 2.24) is 0 Å². The number of hydrogen-bond acceptors (Lipinski definition) is 3. The van der Waals surface area contributed by atoms with Crippen LogP contribution in [0.15, 0.2) is 83.7 Å². The maximum absolute atomic E-state index is 12.7. The molecular weight excluding hydrogens is 500 g/mol. The van der Waals surface area contributed by atoms with E-state index in [-0.39, 0.29) is 11.5 Å². The number of carbonyl (C=O) groups excluding carboxylic acids is 1. The van der Waals surface area contributed by atoms with Crippen LogP contribution in [0.1, 0.15) is 87.8 Å². The fourth-order valence-electron chi connectivity index (χ4n) is 5.59. The highest BCUT2D eigenvalue weighted by Crippen LogP contribution is 2.30. The van der Waals surface area contributed by atoms with Gasteiger partial charge in [-0.05, 0) is 81.9 Å². The van der Waals surface area contributed by atoms with E-state index in [1.807, 2.05) is 6.92 Å². The Bertz CT molecular complexity index is 1200. The Morgan fingerprint density at radius 3 is 2.51 bits per heavy atom. The molecule has 0 saturated heterocycles. The Morgan fingerprint density at radius 1 is 0.949 bits per heavy atom. The van der Waals surface area contributed by atoms with Crippen LogP contribution in [0.25, 0.3) is 5.76 Å². The van der Waals surface area contributed by atoms with Gasteiger partial charge in [0.1, 0.15) is 17.3 Å². The number of ether oxygens (including phenoxy) is 1. The molecule has 2 aromatic rings. The number of allylic oxidation sites excluding steroid dienone is 4. The summed E-state index contributed by atoms with van der Waals surface area (Å²) in [5, 5.41) is 0. The average molecular weight is 545 g/mol. The van der Waals surface area contributed by atoms with E-state index in [0.29, 0.717) is 12.2 Å². The summed E-state index contributed by atoms with van der Waals surface area (Å²) in [4.78, 5) is 12.5. The third-order valence-electron chi connectivity index (χ3n) is 8.01. The highest BCUT2D eigenvalue weighted by atomic mass is 32.2. The first-order valence-corrected chi connectivity index (χ1v) is 16.2. The van der Waals surface area contributed by atoms with Crippen LogP contribution >= 0.6 is 0 Å². The zero-order valence-electron chi connectivity index (χ0n) is 23.8. The van der Waals surface area contributed by atoms with Crippen LogP contribution < -0.4 is 0 Å². The highest BCUT2D eigenvalue weighted by Gasteiger charge is 2.18. The number of carbonyl (C=O) groups is 1. The van der Waals surface area contributed by atoms with Gasteiger partial charge in [-0.1, -0.05) is 91.1 Å². The van der Waals surface area contributed by atoms with E-state index in [1.165, 1.54) is 49.7 Å². The SMILES string of the molecule is CC1=C(CS(=O)CC(=O)CCCCCC2CCC=C(Cc3ccccc3)CC2)CC=C(c2ccc(C)cc2)O1. The number of Topliss-reactive ketones (excluding diaryl/α,β-unsaturated/α-hetero) is 1. The van der Waals surface area contributed by atoms with Crippen molar-refractivity contribution in [3.63, 3.8) is 0 Å². The molecule has 0 fully saturated rings. The first-order chi connectivity index (χ1) is 19.0. The van der Waals surface area contributed by atoms with Gasteiger partial charge in [-0.25, -0.2) is 0 Å². The zero-order valence-corrected chi connectivity index (χ0v) is 24.6. The number of ketones is 1. The number of benzene rings is 2. The molecule has 1 aliphatic carbocycles. The maximum Gasteiger partial charge on any atom is 0.145 e. The van der Waals surface area contributed by atoms with Gasteiger partial charge in [0.15, 0.2) is 0 Å². The Balaban J connectivity index is 1.08. The summed E-state index contributed by atoms with van der Waals surface area (Å²) in [6.07, 6.45) is 16.3. The lowest BCUT2D eigenvalue weighted by Crippen LogP contribution is -2.16. The minimum atomic E-state index is -1.18. The minimum Gasteiger partial charge on any atom is -0.462 e. The van der Waals surface area contributed by atoms with Gasteiger partial charge in [-0.15, -0.1) is 0 Å². The Morgan fingerprint density at radius 2 is 1.74 bits per heavy atom. The van der Waals surface area contributed by atoms with Crippen molar-refractivity contribution >= 4 is 22.3 Å². The van der Waals surface area contributed by atoms with Crippen molar-refractivity contribution in [3.05, 3.63) is 100 Å². The van der Waals surface area contributed by atoms with Crippen LogP contribution in [0.4, 0.5) is 0 Å². The van der Waals surface area contributed by atoms with Gasteiger partial charge in [0, 0.05) is 28.5 Å². The van der Waals surface area contributed by atoms with E-state index < -0.39 is 10.8 Å². The Kier molecular flexibility index (Phi) is 11.4. The van der Waals surface area contributed by atoms with E-state index in [4.69, 9.17) is 4.74 Å². The molecule has 0 spiro atoms. The second-order valence-corrected chi connectivity index (χ2v) is 12.7. The van der Waals surface area contributed by atoms with Gasteiger partial charge in [-0.3, -0.25) is 9.00 Å². The second-order valence-electron chi connectivity index (χ2n) is 11.3. The summed E-state index contributed by atoms with van der Waals surface area (Å²) in [5.74, 6) is 3.16. The minimum absolute atomic E-state index is 0.128. The highest BCUT2D eigenvalue weighted by molar-refractivity contribution is 7.85. The molecule has 2 atom stereocenters. The van der Waals surface area contributed by atoms with Gasteiger partial charge < -0.3 is 4.74 Å².